The van der Waals surface area contributed by atoms with Crippen molar-refractivity contribution in [2.45, 2.75) is 20.3 Å². The Morgan fingerprint density at radius 3 is 2.92 bits per heavy atom. The standard InChI is InChI=1S/C10H15ClN2/c1-8(2)3-5-12-9-4-6-13-10(11)7-9/h4,6-8H,3,5H2,1-2H3,(H,12,13). The van der Waals surface area contributed by atoms with Gasteiger partial charge in [0, 0.05) is 18.4 Å². The van der Waals surface area contributed by atoms with Gasteiger partial charge in [-0.15, -0.1) is 0 Å². The molecule has 0 fully saturated rings. The quantitative estimate of drug-likeness (QED) is 0.752. The topological polar surface area (TPSA) is 24.9 Å². The van der Waals surface area contributed by atoms with E-state index < -0.39 is 0 Å². The summed E-state index contributed by atoms with van der Waals surface area (Å²) in [5.41, 5.74) is 1.04. The molecule has 72 valence electrons. The molecule has 0 saturated heterocycles. The van der Waals surface area contributed by atoms with Crippen LogP contribution in [-0.4, -0.2) is 11.5 Å². The van der Waals surface area contributed by atoms with Crippen LogP contribution in [0.5, 0.6) is 0 Å². The van der Waals surface area contributed by atoms with E-state index in [0.29, 0.717) is 5.15 Å². The summed E-state index contributed by atoms with van der Waals surface area (Å²) in [6.45, 7) is 5.40. The number of hydrogen-bond acceptors (Lipinski definition) is 2. The molecule has 0 aromatic carbocycles. The fourth-order valence-corrected chi connectivity index (χ4v) is 1.19. The lowest BCUT2D eigenvalue weighted by atomic mass is 10.1. The van der Waals surface area contributed by atoms with Crippen LogP contribution >= 0.6 is 11.6 Å². The normalized spacial score (nSPS) is 10.5. The van der Waals surface area contributed by atoms with Gasteiger partial charge >= 0.3 is 0 Å². The van der Waals surface area contributed by atoms with Gasteiger partial charge in [-0.2, -0.15) is 0 Å². The van der Waals surface area contributed by atoms with Crippen LogP contribution in [0.15, 0.2) is 18.3 Å². The Kier molecular flexibility index (Phi) is 4.03. The number of nitrogens with zero attached hydrogens (tertiary/aromatic N) is 1. The highest BCUT2D eigenvalue weighted by molar-refractivity contribution is 6.29. The molecule has 0 unspecified atom stereocenters. The van der Waals surface area contributed by atoms with Crippen molar-refractivity contribution >= 4 is 17.3 Å². The van der Waals surface area contributed by atoms with Crippen molar-refractivity contribution in [2.24, 2.45) is 5.92 Å². The third-order valence-corrected chi connectivity index (χ3v) is 1.98. The molecular formula is C10H15ClN2. The molecule has 1 N–H and O–H groups in total. The highest BCUT2D eigenvalue weighted by atomic mass is 35.5. The van der Waals surface area contributed by atoms with Crippen molar-refractivity contribution in [2.75, 3.05) is 11.9 Å². The Hall–Kier alpha value is -0.760. The van der Waals surface area contributed by atoms with Crippen LogP contribution < -0.4 is 5.32 Å². The van der Waals surface area contributed by atoms with E-state index in [1.165, 1.54) is 6.42 Å². The average molecular weight is 199 g/mol. The molecule has 1 rings (SSSR count). The minimum absolute atomic E-state index is 0.537. The summed E-state index contributed by atoms with van der Waals surface area (Å²) < 4.78 is 0. The predicted molar refractivity (Wildman–Crippen MR) is 57.2 cm³/mol. The van der Waals surface area contributed by atoms with Crippen LogP contribution in [0.3, 0.4) is 0 Å². The van der Waals surface area contributed by atoms with E-state index >= 15 is 0 Å². The summed E-state index contributed by atoms with van der Waals surface area (Å²) in [4.78, 5) is 3.91. The zero-order valence-corrected chi connectivity index (χ0v) is 8.80. The van der Waals surface area contributed by atoms with E-state index in [1.807, 2.05) is 12.1 Å². The lowest BCUT2D eigenvalue weighted by Gasteiger charge is -2.07. The van der Waals surface area contributed by atoms with E-state index in [0.717, 1.165) is 18.2 Å². The largest absolute Gasteiger partial charge is 0.385 e. The van der Waals surface area contributed by atoms with Crippen LogP contribution in [0, 0.1) is 5.92 Å². The second kappa shape index (κ2) is 5.07. The van der Waals surface area contributed by atoms with Crippen molar-refractivity contribution in [1.29, 1.82) is 0 Å². The Balaban J connectivity index is 2.37. The molecule has 0 radical (unpaired) electrons. The molecule has 0 aliphatic carbocycles. The van der Waals surface area contributed by atoms with Crippen molar-refractivity contribution in [3.8, 4) is 0 Å². The van der Waals surface area contributed by atoms with Gasteiger partial charge < -0.3 is 5.32 Å². The van der Waals surface area contributed by atoms with Crippen molar-refractivity contribution in [3.05, 3.63) is 23.5 Å². The lowest BCUT2D eigenvalue weighted by Crippen LogP contribution is -2.04. The Morgan fingerprint density at radius 2 is 2.31 bits per heavy atom. The van der Waals surface area contributed by atoms with E-state index in [1.54, 1.807) is 6.20 Å². The molecule has 1 aromatic heterocycles. The fraction of sp³-hybridized carbons (Fsp3) is 0.500. The van der Waals surface area contributed by atoms with Gasteiger partial charge in [0.05, 0.1) is 0 Å². The highest BCUT2D eigenvalue weighted by Gasteiger charge is 1.95. The Labute approximate surface area is 84.3 Å². The van der Waals surface area contributed by atoms with Crippen LogP contribution in [-0.2, 0) is 0 Å². The minimum atomic E-state index is 0.537. The van der Waals surface area contributed by atoms with Crippen LogP contribution in [0.2, 0.25) is 5.15 Å². The third kappa shape index (κ3) is 4.13. The van der Waals surface area contributed by atoms with Gasteiger partial charge in [0.2, 0.25) is 0 Å². The first-order chi connectivity index (χ1) is 6.18. The van der Waals surface area contributed by atoms with Gasteiger partial charge in [-0.3, -0.25) is 0 Å². The number of aromatic nitrogens is 1. The van der Waals surface area contributed by atoms with Gasteiger partial charge in [0.15, 0.2) is 0 Å². The van der Waals surface area contributed by atoms with Crippen LogP contribution in [0.1, 0.15) is 20.3 Å². The number of pyridine rings is 1. The summed E-state index contributed by atoms with van der Waals surface area (Å²) in [5, 5.41) is 3.83. The maximum absolute atomic E-state index is 5.74. The SMILES string of the molecule is CC(C)CCNc1ccnc(Cl)c1. The maximum atomic E-state index is 5.74. The zero-order valence-electron chi connectivity index (χ0n) is 8.05. The second-order valence-electron chi connectivity index (χ2n) is 3.48. The molecule has 1 aromatic rings. The smallest absolute Gasteiger partial charge is 0.131 e. The summed E-state index contributed by atoms with van der Waals surface area (Å²) in [5.74, 6) is 0.727. The fourth-order valence-electron chi connectivity index (χ4n) is 1.02. The third-order valence-electron chi connectivity index (χ3n) is 1.78. The summed E-state index contributed by atoms with van der Waals surface area (Å²) in [7, 11) is 0. The van der Waals surface area contributed by atoms with Gasteiger partial charge in [-0.1, -0.05) is 25.4 Å². The molecule has 3 heteroatoms. The van der Waals surface area contributed by atoms with Crippen LogP contribution in [0.25, 0.3) is 0 Å². The van der Waals surface area contributed by atoms with Crippen molar-refractivity contribution in [1.82, 2.24) is 4.98 Å². The number of halogens is 1. The molecule has 1 heterocycles. The monoisotopic (exact) mass is 198 g/mol. The van der Waals surface area contributed by atoms with Crippen LogP contribution in [0.4, 0.5) is 5.69 Å². The Morgan fingerprint density at radius 1 is 1.54 bits per heavy atom. The van der Waals surface area contributed by atoms with Crippen molar-refractivity contribution < 1.29 is 0 Å². The maximum Gasteiger partial charge on any atom is 0.131 e. The first-order valence-corrected chi connectivity index (χ1v) is 4.91. The predicted octanol–water partition coefficient (Wildman–Crippen LogP) is 3.19. The molecule has 0 spiro atoms. The lowest BCUT2D eigenvalue weighted by molar-refractivity contribution is 0.607. The van der Waals surface area contributed by atoms with E-state index in [2.05, 4.69) is 24.1 Å². The second-order valence-corrected chi connectivity index (χ2v) is 3.86. The van der Waals surface area contributed by atoms with E-state index in [-0.39, 0.29) is 0 Å². The molecule has 0 saturated carbocycles. The molecule has 0 aliphatic rings. The van der Waals surface area contributed by atoms with E-state index in [9.17, 15) is 0 Å². The molecule has 0 atom stereocenters. The van der Waals surface area contributed by atoms with E-state index in [4.69, 9.17) is 11.6 Å². The molecule has 0 amide bonds. The van der Waals surface area contributed by atoms with Gasteiger partial charge in [0.25, 0.3) is 0 Å². The summed E-state index contributed by atoms with van der Waals surface area (Å²) in [6.07, 6.45) is 2.87. The van der Waals surface area contributed by atoms with Crippen molar-refractivity contribution in [3.63, 3.8) is 0 Å². The number of nitrogens with one attached hydrogen (secondary N) is 1. The van der Waals surface area contributed by atoms with Gasteiger partial charge in [0.1, 0.15) is 5.15 Å². The zero-order chi connectivity index (χ0) is 9.68. The summed E-state index contributed by atoms with van der Waals surface area (Å²) in [6, 6.07) is 3.76. The molecular weight excluding hydrogens is 184 g/mol. The molecule has 0 aliphatic heterocycles. The average Bonchev–Trinajstić information content (AvgIpc) is 2.03. The number of hydrogen-bond donors (Lipinski definition) is 1. The number of anilines is 1. The molecule has 0 bridgehead atoms. The van der Waals surface area contributed by atoms with Gasteiger partial charge in [-0.05, 0) is 24.5 Å². The molecule has 2 nitrogen and oxygen atoms in total. The first kappa shape index (κ1) is 10.3. The van der Waals surface area contributed by atoms with Gasteiger partial charge in [-0.25, -0.2) is 4.98 Å². The minimum Gasteiger partial charge on any atom is -0.385 e. The Bertz CT molecular complexity index is 261. The first-order valence-electron chi connectivity index (χ1n) is 4.54. The molecule has 13 heavy (non-hydrogen) atoms. The highest BCUT2D eigenvalue weighted by Crippen LogP contribution is 2.12. The summed E-state index contributed by atoms with van der Waals surface area (Å²) >= 11 is 5.74. The number of rotatable bonds is 4.